The molecule has 0 amide bonds. The summed E-state index contributed by atoms with van der Waals surface area (Å²) in [6.45, 7) is 16.9. The predicted octanol–water partition coefficient (Wildman–Crippen LogP) is 15.1. The van der Waals surface area contributed by atoms with Crippen molar-refractivity contribution in [3.63, 3.8) is 0 Å². The fourth-order valence-corrected chi connectivity index (χ4v) is 9.52. The molecule has 55 heavy (non-hydrogen) atoms. The Morgan fingerprint density at radius 2 is 0.927 bits per heavy atom. The van der Waals surface area contributed by atoms with Gasteiger partial charge in [-0.05, 0) is 128 Å². The van der Waals surface area contributed by atoms with Crippen molar-refractivity contribution in [3.8, 4) is 44.5 Å². The van der Waals surface area contributed by atoms with Crippen LogP contribution in [0.4, 0.5) is 17.1 Å². The van der Waals surface area contributed by atoms with Crippen LogP contribution >= 0.6 is 0 Å². The van der Waals surface area contributed by atoms with Gasteiger partial charge in [0.05, 0.1) is 11.4 Å². The first-order valence-corrected chi connectivity index (χ1v) is 20.0. The summed E-state index contributed by atoms with van der Waals surface area (Å²) >= 11 is 0. The van der Waals surface area contributed by atoms with E-state index < -0.39 is 0 Å². The van der Waals surface area contributed by atoms with Gasteiger partial charge in [0.25, 0.3) is 0 Å². The summed E-state index contributed by atoms with van der Waals surface area (Å²) in [5.74, 6) is 0. The van der Waals surface area contributed by atoms with E-state index in [1.54, 1.807) is 0 Å². The standard InChI is InChI=1S/C54H51N/c1-36-32-48-49(53(4,5)31-30-52(48,2)3)34-43(36)45-33-44-42-23-14-16-24-46(42)54(6,7)47(44)35-51(45)55(40-28-26-38(27-29-40)37-18-10-8-11-19-37)50-25-17-15-22-41(50)39-20-12-9-13-21-39/h8-29,32-35H,30-31H2,1-7H3. The minimum absolute atomic E-state index is 0.0889. The van der Waals surface area contributed by atoms with Crippen molar-refractivity contribution in [3.05, 3.63) is 186 Å². The molecule has 7 aromatic rings. The minimum Gasteiger partial charge on any atom is -0.309 e. The predicted molar refractivity (Wildman–Crippen MR) is 235 cm³/mol. The monoisotopic (exact) mass is 713 g/mol. The highest BCUT2D eigenvalue weighted by Crippen LogP contribution is 2.55. The van der Waals surface area contributed by atoms with Gasteiger partial charge in [-0.1, -0.05) is 163 Å². The van der Waals surface area contributed by atoms with Crippen molar-refractivity contribution in [1.29, 1.82) is 0 Å². The van der Waals surface area contributed by atoms with E-state index >= 15 is 0 Å². The molecule has 0 spiro atoms. The van der Waals surface area contributed by atoms with Gasteiger partial charge in [-0.15, -0.1) is 0 Å². The Labute approximate surface area is 328 Å². The largest absolute Gasteiger partial charge is 0.309 e. The molecule has 0 radical (unpaired) electrons. The first kappa shape index (κ1) is 35.1. The molecule has 0 bridgehead atoms. The van der Waals surface area contributed by atoms with Gasteiger partial charge < -0.3 is 4.90 Å². The van der Waals surface area contributed by atoms with Crippen molar-refractivity contribution >= 4 is 17.1 Å². The van der Waals surface area contributed by atoms with Gasteiger partial charge in [0.1, 0.15) is 0 Å². The molecule has 272 valence electrons. The zero-order valence-electron chi connectivity index (χ0n) is 33.4. The van der Waals surface area contributed by atoms with Crippen LogP contribution in [-0.2, 0) is 16.2 Å². The lowest BCUT2D eigenvalue weighted by atomic mass is 9.62. The second-order valence-electron chi connectivity index (χ2n) is 17.7. The van der Waals surface area contributed by atoms with E-state index in [4.69, 9.17) is 0 Å². The Balaban J connectivity index is 1.37. The molecule has 2 aliphatic carbocycles. The average Bonchev–Trinajstić information content (AvgIpc) is 3.42. The number of aryl methyl sites for hydroxylation is 1. The summed E-state index contributed by atoms with van der Waals surface area (Å²) in [5, 5.41) is 0. The van der Waals surface area contributed by atoms with E-state index in [0.717, 1.165) is 11.4 Å². The first-order chi connectivity index (χ1) is 26.4. The number of hydrogen-bond acceptors (Lipinski definition) is 1. The number of rotatable bonds is 6. The highest BCUT2D eigenvalue weighted by molar-refractivity contribution is 5.98. The van der Waals surface area contributed by atoms with Crippen LogP contribution in [0.25, 0.3) is 44.5 Å². The molecule has 0 N–H and O–H groups in total. The summed E-state index contributed by atoms with van der Waals surface area (Å²) in [4.78, 5) is 2.54. The third-order valence-corrected chi connectivity index (χ3v) is 12.9. The lowest BCUT2D eigenvalue weighted by molar-refractivity contribution is 0.332. The third kappa shape index (κ3) is 5.84. The molecule has 0 aromatic heterocycles. The van der Waals surface area contributed by atoms with Gasteiger partial charge >= 0.3 is 0 Å². The van der Waals surface area contributed by atoms with Crippen LogP contribution in [0.1, 0.15) is 82.2 Å². The Kier molecular flexibility index (Phi) is 8.28. The van der Waals surface area contributed by atoms with E-state index in [-0.39, 0.29) is 16.2 Å². The fraction of sp³-hybridized carbons (Fsp3) is 0.222. The molecule has 7 aromatic carbocycles. The van der Waals surface area contributed by atoms with E-state index in [1.807, 2.05) is 0 Å². The van der Waals surface area contributed by atoms with Gasteiger partial charge in [0.15, 0.2) is 0 Å². The van der Waals surface area contributed by atoms with Crippen molar-refractivity contribution in [2.24, 2.45) is 0 Å². The summed E-state index contributed by atoms with van der Waals surface area (Å²) in [5.41, 5.74) is 20.7. The molecule has 9 rings (SSSR count). The lowest BCUT2D eigenvalue weighted by Gasteiger charge is -2.42. The van der Waals surface area contributed by atoms with Crippen LogP contribution in [0.2, 0.25) is 0 Å². The molecule has 0 fully saturated rings. The second kappa shape index (κ2) is 13.0. The van der Waals surface area contributed by atoms with Crippen LogP contribution in [0, 0.1) is 6.92 Å². The molecular formula is C54H51N. The topological polar surface area (TPSA) is 3.24 Å². The summed E-state index contributed by atoms with van der Waals surface area (Å²) in [6.07, 6.45) is 2.38. The number of hydrogen-bond donors (Lipinski definition) is 0. The minimum atomic E-state index is -0.155. The molecule has 0 unspecified atom stereocenters. The smallest absolute Gasteiger partial charge is 0.0543 e. The van der Waals surface area contributed by atoms with Crippen LogP contribution in [-0.4, -0.2) is 0 Å². The second-order valence-corrected chi connectivity index (χ2v) is 17.7. The summed E-state index contributed by atoms with van der Waals surface area (Å²) in [6, 6.07) is 58.9. The summed E-state index contributed by atoms with van der Waals surface area (Å²) < 4.78 is 0. The highest BCUT2D eigenvalue weighted by Gasteiger charge is 2.40. The van der Waals surface area contributed by atoms with Crippen LogP contribution in [0.15, 0.2) is 158 Å². The SMILES string of the molecule is Cc1cc2c(cc1-c1cc3c(cc1N(c1ccc(-c4ccccc4)cc1)c1ccccc1-c1ccccc1)C(C)(C)c1ccccc1-3)C(C)(C)CCC2(C)C. The maximum atomic E-state index is 2.57. The molecule has 2 aliphatic rings. The van der Waals surface area contributed by atoms with Gasteiger partial charge in [-0.2, -0.15) is 0 Å². The maximum Gasteiger partial charge on any atom is 0.0543 e. The Hall–Kier alpha value is -5.66. The number of para-hydroxylation sites is 1. The highest BCUT2D eigenvalue weighted by atomic mass is 15.1. The zero-order chi connectivity index (χ0) is 38.1. The average molecular weight is 714 g/mol. The molecule has 1 nitrogen and oxygen atoms in total. The third-order valence-electron chi connectivity index (χ3n) is 12.9. The molecule has 0 aliphatic heterocycles. The van der Waals surface area contributed by atoms with Crippen LogP contribution < -0.4 is 4.90 Å². The fourth-order valence-electron chi connectivity index (χ4n) is 9.52. The van der Waals surface area contributed by atoms with E-state index in [1.165, 1.54) is 90.9 Å². The Bertz CT molecular complexity index is 2550. The quantitative estimate of drug-likeness (QED) is 0.166. The summed E-state index contributed by atoms with van der Waals surface area (Å²) in [7, 11) is 0. The molecule has 0 saturated carbocycles. The lowest BCUT2D eigenvalue weighted by Crippen LogP contribution is -2.34. The van der Waals surface area contributed by atoms with E-state index in [2.05, 4.69) is 211 Å². The molecular weight excluding hydrogens is 663 g/mol. The number of benzene rings is 7. The van der Waals surface area contributed by atoms with Gasteiger partial charge in [0.2, 0.25) is 0 Å². The molecule has 0 saturated heterocycles. The molecule has 0 atom stereocenters. The zero-order valence-corrected chi connectivity index (χ0v) is 33.4. The Morgan fingerprint density at radius 1 is 0.382 bits per heavy atom. The van der Waals surface area contributed by atoms with Crippen molar-refractivity contribution < 1.29 is 0 Å². The number of nitrogens with zero attached hydrogens (tertiary/aromatic N) is 1. The van der Waals surface area contributed by atoms with Gasteiger partial charge in [-0.3, -0.25) is 0 Å². The van der Waals surface area contributed by atoms with Gasteiger partial charge in [0, 0.05) is 22.2 Å². The first-order valence-electron chi connectivity index (χ1n) is 20.0. The van der Waals surface area contributed by atoms with Crippen LogP contribution in [0.5, 0.6) is 0 Å². The normalized spacial score (nSPS) is 15.8. The number of fused-ring (bicyclic) bond motifs is 4. The van der Waals surface area contributed by atoms with E-state index in [0.29, 0.717) is 0 Å². The van der Waals surface area contributed by atoms with Crippen molar-refractivity contribution in [2.45, 2.75) is 77.6 Å². The van der Waals surface area contributed by atoms with Crippen LogP contribution in [0.3, 0.4) is 0 Å². The van der Waals surface area contributed by atoms with E-state index in [9.17, 15) is 0 Å². The Morgan fingerprint density at radius 3 is 1.60 bits per heavy atom. The molecule has 1 heteroatoms. The van der Waals surface area contributed by atoms with Gasteiger partial charge in [-0.25, -0.2) is 0 Å². The van der Waals surface area contributed by atoms with Crippen molar-refractivity contribution in [1.82, 2.24) is 0 Å². The van der Waals surface area contributed by atoms with Crippen molar-refractivity contribution in [2.75, 3.05) is 4.90 Å². The maximum absolute atomic E-state index is 2.57. The number of anilines is 3. The molecule has 0 heterocycles.